The van der Waals surface area contributed by atoms with Crippen LogP contribution in [0.25, 0.3) is 11.1 Å². The zero-order valence-corrected chi connectivity index (χ0v) is 9.36. The molecule has 0 bridgehead atoms. The summed E-state index contributed by atoms with van der Waals surface area (Å²) in [6, 6.07) is 2.10. The van der Waals surface area contributed by atoms with E-state index in [0.717, 1.165) is 17.8 Å². The van der Waals surface area contributed by atoms with Crippen LogP contribution in [-0.2, 0) is 6.54 Å². The fourth-order valence-electron chi connectivity index (χ4n) is 1.67. The summed E-state index contributed by atoms with van der Waals surface area (Å²) in [4.78, 5) is 4.31. The van der Waals surface area contributed by atoms with E-state index < -0.39 is 0 Å². The van der Waals surface area contributed by atoms with Gasteiger partial charge in [-0.05, 0) is 32.4 Å². The maximum absolute atomic E-state index is 4.31. The first-order valence-electron chi connectivity index (χ1n) is 5.16. The Bertz CT molecular complexity index is 471. The Morgan fingerprint density at radius 1 is 1.27 bits per heavy atom. The van der Waals surface area contributed by atoms with Gasteiger partial charge in [0, 0.05) is 35.8 Å². The van der Waals surface area contributed by atoms with Crippen LogP contribution < -0.4 is 0 Å². The van der Waals surface area contributed by atoms with Gasteiger partial charge in [0.15, 0.2) is 0 Å². The van der Waals surface area contributed by atoms with Crippen LogP contribution >= 0.6 is 0 Å². The predicted octanol–water partition coefficient (Wildman–Crippen LogP) is 2.58. The predicted molar refractivity (Wildman–Crippen MR) is 60.6 cm³/mol. The first kappa shape index (κ1) is 9.90. The topological polar surface area (TPSA) is 30.7 Å². The minimum Gasteiger partial charge on any atom is -0.272 e. The third-order valence-corrected chi connectivity index (χ3v) is 2.52. The molecule has 3 heteroatoms. The lowest BCUT2D eigenvalue weighted by Crippen LogP contribution is -1.92. The lowest BCUT2D eigenvalue weighted by Gasteiger charge is -2.02. The Morgan fingerprint density at radius 2 is 2.07 bits per heavy atom. The van der Waals surface area contributed by atoms with Gasteiger partial charge in [-0.2, -0.15) is 5.10 Å². The van der Waals surface area contributed by atoms with Crippen LogP contribution in [-0.4, -0.2) is 14.8 Å². The van der Waals surface area contributed by atoms with E-state index in [4.69, 9.17) is 0 Å². The van der Waals surface area contributed by atoms with E-state index in [2.05, 4.69) is 36.2 Å². The molecule has 0 radical (unpaired) electrons. The quantitative estimate of drug-likeness (QED) is 0.747. The van der Waals surface area contributed by atoms with E-state index in [1.54, 1.807) is 0 Å². The molecule has 0 fully saturated rings. The van der Waals surface area contributed by atoms with Crippen molar-refractivity contribution in [3.8, 4) is 11.1 Å². The van der Waals surface area contributed by atoms with Crippen molar-refractivity contribution in [1.82, 2.24) is 14.8 Å². The van der Waals surface area contributed by atoms with Crippen molar-refractivity contribution in [3.05, 3.63) is 35.9 Å². The number of hydrogen-bond donors (Lipinski definition) is 0. The maximum atomic E-state index is 4.31. The molecule has 0 aliphatic rings. The summed E-state index contributed by atoms with van der Waals surface area (Å²) < 4.78 is 1.93. The van der Waals surface area contributed by atoms with Gasteiger partial charge >= 0.3 is 0 Å². The van der Waals surface area contributed by atoms with Crippen LogP contribution in [0, 0.1) is 13.8 Å². The van der Waals surface area contributed by atoms with Gasteiger partial charge in [0.2, 0.25) is 0 Å². The molecule has 2 aromatic rings. The highest BCUT2D eigenvalue weighted by Gasteiger charge is 2.04. The monoisotopic (exact) mass is 201 g/mol. The van der Waals surface area contributed by atoms with E-state index in [1.165, 1.54) is 11.1 Å². The first-order valence-corrected chi connectivity index (χ1v) is 5.16. The highest BCUT2D eigenvalue weighted by molar-refractivity contribution is 5.64. The van der Waals surface area contributed by atoms with Crippen molar-refractivity contribution in [1.29, 1.82) is 0 Å². The van der Waals surface area contributed by atoms with Crippen molar-refractivity contribution in [2.24, 2.45) is 0 Å². The van der Waals surface area contributed by atoms with Crippen molar-refractivity contribution < 1.29 is 0 Å². The average molecular weight is 201 g/mol. The Kier molecular flexibility index (Phi) is 2.54. The van der Waals surface area contributed by atoms with Gasteiger partial charge in [0.1, 0.15) is 0 Å². The molecule has 0 saturated heterocycles. The SMILES string of the molecule is CCn1cc(-c2cnc(C)cc2C)cn1. The highest BCUT2D eigenvalue weighted by atomic mass is 15.3. The van der Waals surface area contributed by atoms with Crippen LogP contribution in [0.4, 0.5) is 0 Å². The molecule has 0 unspecified atom stereocenters. The second-order valence-electron chi connectivity index (χ2n) is 3.73. The molecule has 0 atom stereocenters. The van der Waals surface area contributed by atoms with Crippen molar-refractivity contribution in [2.75, 3.05) is 0 Å². The lowest BCUT2D eigenvalue weighted by atomic mass is 10.1. The third kappa shape index (κ3) is 1.91. The number of hydrogen-bond acceptors (Lipinski definition) is 2. The van der Waals surface area contributed by atoms with Crippen LogP contribution in [0.2, 0.25) is 0 Å². The van der Waals surface area contributed by atoms with Crippen molar-refractivity contribution in [2.45, 2.75) is 27.3 Å². The van der Waals surface area contributed by atoms with E-state index >= 15 is 0 Å². The molecule has 3 nitrogen and oxygen atoms in total. The summed E-state index contributed by atoms with van der Waals surface area (Å²) in [7, 11) is 0. The summed E-state index contributed by atoms with van der Waals surface area (Å²) in [5.41, 5.74) is 4.61. The number of nitrogens with zero attached hydrogens (tertiary/aromatic N) is 3. The Labute approximate surface area is 89.8 Å². The van der Waals surface area contributed by atoms with Gasteiger partial charge in [0.25, 0.3) is 0 Å². The van der Waals surface area contributed by atoms with Gasteiger partial charge in [0.05, 0.1) is 6.20 Å². The van der Waals surface area contributed by atoms with Gasteiger partial charge in [-0.3, -0.25) is 9.67 Å². The molecule has 0 aliphatic heterocycles. The summed E-state index contributed by atoms with van der Waals surface area (Å²) in [5, 5.41) is 4.26. The van der Waals surface area contributed by atoms with E-state index in [0.29, 0.717) is 0 Å². The van der Waals surface area contributed by atoms with Gasteiger partial charge in [-0.1, -0.05) is 0 Å². The summed E-state index contributed by atoms with van der Waals surface area (Å²) in [5.74, 6) is 0. The summed E-state index contributed by atoms with van der Waals surface area (Å²) in [6.45, 7) is 7.09. The molecule has 0 aliphatic carbocycles. The molecule has 78 valence electrons. The second kappa shape index (κ2) is 3.85. The first-order chi connectivity index (χ1) is 7.20. The Hall–Kier alpha value is -1.64. The summed E-state index contributed by atoms with van der Waals surface area (Å²) >= 11 is 0. The maximum Gasteiger partial charge on any atom is 0.0568 e. The van der Waals surface area contributed by atoms with Crippen molar-refractivity contribution >= 4 is 0 Å². The fourth-order valence-corrected chi connectivity index (χ4v) is 1.67. The number of pyridine rings is 1. The number of aryl methyl sites for hydroxylation is 3. The van der Waals surface area contributed by atoms with Crippen LogP contribution in [0.5, 0.6) is 0 Å². The molecule has 0 amide bonds. The normalized spacial score (nSPS) is 10.6. The van der Waals surface area contributed by atoms with Crippen molar-refractivity contribution in [3.63, 3.8) is 0 Å². The smallest absolute Gasteiger partial charge is 0.0568 e. The molecule has 0 spiro atoms. The van der Waals surface area contributed by atoms with E-state index in [1.807, 2.05) is 24.0 Å². The zero-order chi connectivity index (χ0) is 10.8. The largest absolute Gasteiger partial charge is 0.272 e. The van der Waals surface area contributed by atoms with Gasteiger partial charge in [-0.15, -0.1) is 0 Å². The average Bonchev–Trinajstić information content (AvgIpc) is 2.66. The van der Waals surface area contributed by atoms with Crippen LogP contribution in [0.15, 0.2) is 24.7 Å². The summed E-state index contributed by atoms with van der Waals surface area (Å²) in [6.07, 6.45) is 5.86. The van der Waals surface area contributed by atoms with E-state index in [9.17, 15) is 0 Å². The zero-order valence-electron chi connectivity index (χ0n) is 9.36. The third-order valence-electron chi connectivity index (χ3n) is 2.52. The number of aromatic nitrogens is 3. The van der Waals surface area contributed by atoms with Crippen LogP contribution in [0.3, 0.4) is 0 Å². The molecule has 0 aromatic carbocycles. The van der Waals surface area contributed by atoms with Crippen LogP contribution in [0.1, 0.15) is 18.2 Å². The molecular formula is C12H15N3. The number of rotatable bonds is 2. The second-order valence-corrected chi connectivity index (χ2v) is 3.73. The standard InChI is InChI=1S/C12H15N3/c1-4-15-8-11(6-14-15)12-7-13-10(3)5-9(12)2/h5-8H,4H2,1-3H3. The molecule has 2 aromatic heterocycles. The molecule has 2 heterocycles. The highest BCUT2D eigenvalue weighted by Crippen LogP contribution is 2.22. The minimum atomic E-state index is 0.901. The Balaban J connectivity index is 2.44. The molecule has 2 rings (SSSR count). The minimum absolute atomic E-state index is 0.901. The Morgan fingerprint density at radius 3 is 2.67 bits per heavy atom. The lowest BCUT2D eigenvalue weighted by molar-refractivity contribution is 0.660. The molecular weight excluding hydrogens is 186 g/mol. The van der Waals surface area contributed by atoms with E-state index in [-0.39, 0.29) is 0 Å². The molecule has 15 heavy (non-hydrogen) atoms. The molecule has 0 saturated carbocycles. The molecule has 0 N–H and O–H groups in total. The van der Waals surface area contributed by atoms with Gasteiger partial charge in [-0.25, -0.2) is 0 Å². The van der Waals surface area contributed by atoms with Gasteiger partial charge < -0.3 is 0 Å². The fraction of sp³-hybridized carbons (Fsp3) is 0.333.